The van der Waals surface area contributed by atoms with E-state index < -0.39 is 0 Å². The van der Waals surface area contributed by atoms with Gasteiger partial charge in [-0.2, -0.15) is 0 Å². The Morgan fingerprint density at radius 2 is 0.930 bits per heavy atom. The van der Waals surface area contributed by atoms with E-state index in [2.05, 4.69) is 203 Å². The number of fused-ring (bicyclic) bond motifs is 8. The smallest absolute Gasteiger partial charge is 0.235 e. The standard InChI is InChI=1S/C52H32N4S/c1-4-14-33(15-5-1)49-32-44-51(57-49)50(34-16-6-2-7-17-34)54-52(53-44)56-45-23-13-12-22-40(45)41-29-37(25-27-47(41)56)38-24-26-46-42(30-38)43-28-35-18-10-11-19-36(35)31-48(43)55(46)39-20-8-3-9-21-39/h1-32H. The van der Waals surface area contributed by atoms with Gasteiger partial charge in [-0.15, -0.1) is 11.3 Å². The molecule has 0 saturated carbocycles. The molecule has 57 heavy (non-hydrogen) atoms. The molecule has 0 spiro atoms. The largest absolute Gasteiger partial charge is 0.309 e. The summed E-state index contributed by atoms with van der Waals surface area (Å²) in [6.45, 7) is 0. The van der Waals surface area contributed by atoms with Crippen molar-refractivity contribution in [1.29, 1.82) is 0 Å². The molecule has 0 N–H and O–H groups in total. The molecule has 0 aliphatic heterocycles. The maximum atomic E-state index is 5.37. The van der Waals surface area contributed by atoms with Crippen LogP contribution in [0.25, 0.3) is 109 Å². The van der Waals surface area contributed by atoms with Crippen LogP contribution in [-0.2, 0) is 0 Å². The minimum Gasteiger partial charge on any atom is -0.309 e. The van der Waals surface area contributed by atoms with E-state index in [0.717, 1.165) is 38.2 Å². The normalized spacial score (nSPS) is 11.9. The van der Waals surface area contributed by atoms with E-state index in [9.17, 15) is 0 Å². The van der Waals surface area contributed by atoms with Crippen molar-refractivity contribution >= 4 is 75.9 Å². The molecule has 0 unspecified atom stereocenters. The summed E-state index contributed by atoms with van der Waals surface area (Å²) in [5, 5.41) is 7.30. The highest BCUT2D eigenvalue weighted by Gasteiger charge is 2.20. The molecule has 0 radical (unpaired) electrons. The van der Waals surface area contributed by atoms with Crippen molar-refractivity contribution in [3.05, 3.63) is 194 Å². The van der Waals surface area contributed by atoms with E-state index in [4.69, 9.17) is 9.97 Å². The van der Waals surface area contributed by atoms with Gasteiger partial charge in [0.15, 0.2) is 0 Å². The van der Waals surface area contributed by atoms with Crippen LogP contribution in [-0.4, -0.2) is 19.1 Å². The molecule has 5 heteroatoms. The maximum Gasteiger partial charge on any atom is 0.235 e. The average molecular weight is 745 g/mol. The van der Waals surface area contributed by atoms with E-state index in [0.29, 0.717) is 5.95 Å². The first kappa shape index (κ1) is 32.0. The molecule has 0 aliphatic rings. The summed E-state index contributed by atoms with van der Waals surface area (Å²) in [5.41, 5.74) is 12.2. The summed E-state index contributed by atoms with van der Waals surface area (Å²) in [7, 11) is 0. The quantitative estimate of drug-likeness (QED) is 0.176. The van der Waals surface area contributed by atoms with E-state index in [1.165, 1.54) is 64.9 Å². The molecule has 4 aromatic heterocycles. The Bertz CT molecular complexity index is 3510. The van der Waals surface area contributed by atoms with Gasteiger partial charge in [-0.3, -0.25) is 4.57 Å². The highest BCUT2D eigenvalue weighted by molar-refractivity contribution is 7.22. The fourth-order valence-electron chi connectivity index (χ4n) is 8.66. The molecule has 12 rings (SSSR count). The van der Waals surface area contributed by atoms with Gasteiger partial charge in [-0.25, -0.2) is 9.97 Å². The van der Waals surface area contributed by atoms with Crippen LogP contribution in [0.15, 0.2) is 194 Å². The first-order valence-electron chi connectivity index (χ1n) is 19.2. The number of hydrogen-bond acceptors (Lipinski definition) is 3. The average Bonchev–Trinajstić information content (AvgIpc) is 3.96. The van der Waals surface area contributed by atoms with Crippen molar-refractivity contribution in [2.45, 2.75) is 0 Å². The lowest BCUT2D eigenvalue weighted by Crippen LogP contribution is -2.02. The summed E-state index contributed by atoms with van der Waals surface area (Å²) in [6, 6.07) is 69.7. The van der Waals surface area contributed by atoms with Gasteiger partial charge >= 0.3 is 0 Å². The van der Waals surface area contributed by atoms with Gasteiger partial charge in [0.2, 0.25) is 5.95 Å². The van der Waals surface area contributed by atoms with Gasteiger partial charge in [0.05, 0.1) is 38.0 Å². The van der Waals surface area contributed by atoms with E-state index >= 15 is 0 Å². The van der Waals surface area contributed by atoms with Crippen molar-refractivity contribution in [2.24, 2.45) is 0 Å². The third-order valence-corrected chi connectivity index (χ3v) is 12.5. The predicted molar refractivity (Wildman–Crippen MR) is 240 cm³/mol. The fraction of sp³-hybridized carbons (Fsp3) is 0. The van der Waals surface area contributed by atoms with Gasteiger partial charge in [0, 0.05) is 37.7 Å². The SMILES string of the molecule is c1ccc(-c2cc3nc(-n4c5ccccc5c5cc(-c6ccc7c(c6)c6cc8ccccc8cc6n7-c6ccccc6)ccc54)nc(-c4ccccc4)c3s2)cc1. The Hall–Kier alpha value is -7.34. The van der Waals surface area contributed by atoms with Crippen molar-refractivity contribution in [3.63, 3.8) is 0 Å². The summed E-state index contributed by atoms with van der Waals surface area (Å²) < 4.78 is 5.72. The van der Waals surface area contributed by atoms with Crippen LogP contribution >= 0.6 is 11.3 Å². The molecule has 12 aromatic rings. The summed E-state index contributed by atoms with van der Waals surface area (Å²) >= 11 is 1.75. The Morgan fingerprint density at radius 3 is 1.67 bits per heavy atom. The van der Waals surface area contributed by atoms with Crippen molar-refractivity contribution < 1.29 is 0 Å². The Labute approximate surface area is 332 Å². The number of nitrogens with zero attached hydrogens (tertiary/aromatic N) is 4. The first-order chi connectivity index (χ1) is 28.2. The second-order valence-corrected chi connectivity index (χ2v) is 15.7. The van der Waals surface area contributed by atoms with Crippen molar-refractivity contribution in [2.75, 3.05) is 0 Å². The van der Waals surface area contributed by atoms with Crippen molar-refractivity contribution in [1.82, 2.24) is 19.1 Å². The lowest BCUT2D eigenvalue weighted by molar-refractivity contribution is 1.02. The summed E-state index contributed by atoms with van der Waals surface area (Å²) in [4.78, 5) is 11.9. The molecule has 0 fully saturated rings. The molecule has 0 bridgehead atoms. The predicted octanol–water partition coefficient (Wildman–Crippen LogP) is 14.0. The molecule has 0 amide bonds. The molecule has 0 atom stereocenters. The van der Waals surface area contributed by atoms with Crippen LogP contribution in [0.5, 0.6) is 0 Å². The van der Waals surface area contributed by atoms with Gasteiger partial charge in [-0.1, -0.05) is 133 Å². The van der Waals surface area contributed by atoms with E-state index in [1.54, 1.807) is 11.3 Å². The second kappa shape index (κ2) is 12.6. The molecule has 4 nitrogen and oxygen atoms in total. The highest BCUT2D eigenvalue weighted by Crippen LogP contribution is 2.41. The van der Waals surface area contributed by atoms with Gasteiger partial charge < -0.3 is 4.57 Å². The van der Waals surface area contributed by atoms with Crippen LogP contribution < -0.4 is 0 Å². The minimum atomic E-state index is 0.667. The van der Waals surface area contributed by atoms with Gasteiger partial charge in [-0.05, 0) is 88.1 Å². The number of thiophene rings is 1. The number of aromatic nitrogens is 4. The number of para-hydroxylation sites is 2. The fourth-order valence-corrected chi connectivity index (χ4v) is 9.78. The molecule has 266 valence electrons. The topological polar surface area (TPSA) is 35.6 Å². The number of hydrogen-bond donors (Lipinski definition) is 0. The zero-order valence-corrected chi connectivity index (χ0v) is 31.5. The summed E-state index contributed by atoms with van der Waals surface area (Å²) in [6.07, 6.45) is 0. The first-order valence-corrected chi connectivity index (χ1v) is 20.1. The molecule has 8 aromatic carbocycles. The lowest BCUT2D eigenvalue weighted by Gasteiger charge is -2.10. The van der Waals surface area contributed by atoms with Crippen LogP contribution in [0.3, 0.4) is 0 Å². The monoisotopic (exact) mass is 744 g/mol. The van der Waals surface area contributed by atoms with Crippen LogP contribution in [0.2, 0.25) is 0 Å². The zero-order chi connectivity index (χ0) is 37.5. The summed E-state index contributed by atoms with van der Waals surface area (Å²) in [5.74, 6) is 0.667. The third-order valence-electron chi connectivity index (χ3n) is 11.3. The third kappa shape index (κ3) is 5.06. The molecule has 4 heterocycles. The Balaban J connectivity index is 1.06. The maximum absolute atomic E-state index is 5.37. The molecule has 0 saturated heterocycles. The number of benzene rings is 8. The van der Waals surface area contributed by atoms with Gasteiger partial charge in [0.25, 0.3) is 0 Å². The van der Waals surface area contributed by atoms with Crippen molar-refractivity contribution in [3.8, 4) is 44.5 Å². The van der Waals surface area contributed by atoms with Crippen LogP contribution in [0.4, 0.5) is 0 Å². The Morgan fingerprint density at radius 1 is 0.368 bits per heavy atom. The van der Waals surface area contributed by atoms with E-state index in [1.807, 2.05) is 0 Å². The molecular formula is C52H32N4S. The molecular weight excluding hydrogens is 713 g/mol. The second-order valence-electron chi connectivity index (χ2n) is 14.6. The molecule has 0 aliphatic carbocycles. The zero-order valence-electron chi connectivity index (χ0n) is 30.7. The number of rotatable bonds is 5. The van der Waals surface area contributed by atoms with Crippen LogP contribution in [0, 0.1) is 0 Å². The Kier molecular flexibility index (Phi) is 7.06. The van der Waals surface area contributed by atoms with E-state index in [-0.39, 0.29) is 0 Å². The van der Waals surface area contributed by atoms with Crippen LogP contribution in [0.1, 0.15) is 0 Å². The lowest BCUT2D eigenvalue weighted by atomic mass is 10.00. The minimum absolute atomic E-state index is 0.667. The highest BCUT2D eigenvalue weighted by atomic mass is 32.1. The van der Waals surface area contributed by atoms with Gasteiger partial charge in [0.1, 0.15) is 0 Å².